The second kappa shape index (κ2) is 8.00. The van der Waals surface area contributed by atoms with Crippen LogP contribution in [0.1, 0.15) is 22.4 Å². The van der Waals surface area contributed by atoms with Gasteiger partial charge in [0.25, 0.3) is 0 Å². The van der Waals surface area contributed by atoms with Gasteiger partial charge < -0.3 is 10.6 Å². The van der Waals surface area contributed by atoms with Crippen molar-refractivity contribution in [2.24, 2.45) is 4.99 Å². The van der Waals surface area contributed by atoms with Crippen molar-refractivity contribution in [1.29, 1.82) is 0 Å². The minimum Gasteiger partial charge on any atom is -0.357 e. The van der Waals surface area contributed by atoms with Gasteiger partial charge in [-0.3, -0.25) is 0 Å². The molecule has 0 fully saturated rings. The Morgan fingerprint density at radius 3 is 2.67 bits per heavy atom. The Labute approximate surface area is 134 Å². The number of hydrogen-bond donors (Lipinski definition) is 2. The van der Waals surface area contributed by atoms with Gasteiger partial charge in [-0.05, 0) is 31.5 Å². The number of thiazole rings is 1. The second-order valence-electron chi connectivity index (χ2n) is 4.54. The number of hydrogen-bond acceptors (Lipinski definition) is 3. The molecule has 6 heteroatoms. The molecule has 4 nitrogen and oxygen atoms in total. The van der Waals surface area contributed by atoms with Crippen molar-refractivity contribution in [2.45, 2.75) is 26.9 Å². The highest BCUT2D eigenvalue weighted by Gasteiger charge is 2.01. The van der Waals surface area contributed by atoms with Crippen LogP contribution in [0.2, 0.25) is 5.02 Å². The first-order valence-corrected chi connectivity index (χ1v) is 8.04. The van der Waals surface area contributed by atoms with E-state index in [1.54, 1.807) is 11.3 Å². The Morgan fingerprint density at radius 2 is 2.05 bits per heavy atom. The van der Waals surface area contributed by atoms with Crippen molar-refractivity contribution in [3.05, 3.63) is 50.9 Å². The molecule has 0 atom stereocenters. The fourth-order valence-electron chi connectivity index (χ4n) is 1.74. The van der Waals surface area contributed by atoms with E-state index in [0.717, 1.165) is 28.1 Å². The molecule has 0 saturated carbocycles. The molecule has 1 aromatic heterocycles. The zero-order valence-electron chi connectivity index (χ0n) is 12.2. The van der Waals surface area contributed by atoms with Gasteiger partial charge in [0.05, 0.1) is 13.1 Å². The lowest BCUT2D eigenvalue weighted by atomic mass is 10.2. The van der Waals surface area contributed by atoms with Gasteiger partial charge in [-0.25, -0.2) is 9.98 Å². The van der Waals surface area contributed by atoms with Gasteiger partial charge in [-0.1, -0.05) is 23.7 Å². The summed E-state index contributed by atoms with van der Waals surface area (Å²) >= 11 is 7.57. The fraction of sp³-hybridized carbons (Fsp3) is 0.333. The number of aromatic nitrogens is 1. The quantitative estimate of drug-likeness (QED) is 0.655. The molecule has 2 N–H and O–H groups in total. The summed E-state index contributed by atoms with van der Waals surface area (Å²) in [5.74, 6) is 0.792. The summed E-state index contributed by atoms with van der Waals surface area (Å²) in [6, 6.07) is 7.73. The van der Waals surface area contributed by atoms with Gasteiger partial charge in [0, 0.05) is 22.6 Å². The first-order valence-electron chi connectivity index (χ1n) is 6.85. The van der Waals surface area contributed by atoms with Crippen molar-refractivity contribution < 1.29 is 0 Å². The van der Waals surface area contributed by atoms with Crippen LogP contribution in [0.3, 0.4) is 0 Å². The summed E-state index contributed by atoms with van der Waals surface area (Å²) in [6.07, 6.45) is 1.89. The minimum atomic E-state index is 0.614. The van der Waals surface area contributed by atoms with Crippen LogP contribution in [0.15, 0.2) is 35.5 Å². The topological polar surface area (TPSA) is 49.3 Å². The van der Waals surface area contributed by atoms with E-state index in [4.69, 9.17) is 11.6 Å². The van der Waals surface area contributed by atoms with Gasteiger partial charge in [-0.15, -0.1) is 11.3 Å². The van der Waals surface area contributed by atoms with Gasteiger partial charge in [0.15, 0.2) is 5.96 Å². The molecule has 0 radical (unpaired) electrons. The van der Waals surface area contributed by atoms with Crippen molar-refractivity contribution in [1.82, 2.24) is 15.6 Å². The third-order valence-electron chi connectivity index (χ3n) is 2.75. The molecule has 0 unspecified atom stereocenters. The smallest absolute Gasteiger partial charge is 0.191 e. The molecule has 0 bridgehead atoms. The molecule has 0 amide bonds. The lowest BCUT2D eigenvalue weighted by Gasteiger charge is -2.10. The highest BCUT2D eigenvalue weighted by molar-refractivity contribution is 7.11. The van der Waals surface area contributed by atoms with Gasteiger partial charge in [0.2, 0.25) is 0 Å². The van der Waals surface area contributed by atoms with E-state index < -0.39 is 0 Å². The van der Waals surface area contributed by atoms with E-state index in [-0.39, 0.29) is 0 Å². The van der Waals surface area contributed by atoms with Crippen molar-refractivity contribution in [3.63, 3.8) is 0 Å². The lowest BCUT2D eigenvalue weighted by molar-refractivity contribution is 0.811. The highest BCUT2D eigenvalue weighted by Crippen LogP contribution is 2.11. The third-order valence-corrected chi connectivity index (χ3v) is 3.92. The van der Waals surface area contributed by atoms with Crippen molar-refractivity contribution >= 4 is 28.9 Å². The van der Waals surface area contributed by atoms with Gasteiger partial charge in [0.1, 0.15) is 5.01 Å². The normalized spacial score (nSPS) is 11.5. The number of aliphatic imine (C=N–C) groups is 1. The van der Waals surface area contributed by atoms with Crippen LogP contribution in [-0.4, -0.2) is 17.5 Å². The molecule has 0 aliphatic heterocycles. The zero-order valence-corrected chi connectivity index (χ0v) is 13.8. The maximum Gasteiger partial charge on any atom is 0.191 e. The first-order chi connectivity index (χ1) is 10.2. The van der Waals surface area contributed by atoms with Crippen molar-refractivity contribution in [2.75, 3.05) is 6.54 Å². The van der Waals surface area contributed by atoms with Gasteiger partial charge >= 0.3 is 0 Å². The standard InChI is InChI=1S/C15H19ClN4S/c1-3-17-15(20-10-14-18-8-11(2)21-14)19-9-12-4-6-13(16)7-5-12/h4-8H,3,9-10H2,1-2H3,(H2,17,19,20). The number of rotatable bonds is 5. The summed E-state index contributed by atoms with van der Waals surface area (Å²) in [4.78, 5) is 10.1. The van der Waals surface area contributed by atoms with Crippen LogP contribution in [0.4, 0.5) is 0 Å². The molecule has 2 rings (SSSR count). The molecule has 21 heavy (non-hydrogen) atoms. The van der Waals surface area contributed by atoms with Crippen LogP contribution < -0.4 is 10.6 Å². The Bertz CT molecular complexity index is 592. The van der Waals surface area contributed by atoms with Gasteiger partial charge in [-0.2, -0.15) is 0 Å². The van der Waals surface area contributed by atoms with Crippen LogP contribution in [0.25, 0.3) is 0 Å². The van der Waals surface area contributed by atoms with E-state index in [2.05, 4.69) is 27.5 Å². The number of nitrogens with one attached hydrogen (secondary N) is 2. The molecule has 1 heterocycles. The summed E-state index contributed by atoms with van der Waals surface area (Å²) in [5.41, 5.74) is 1.13. The van der Waals surface area contributed by atoms with Crippen molar-refractivity contribution in [3.8, 4) is 0 Å². The monoisotopic (exact) mass is 322 g/mol. The maximum absolute atomic E-state index is 5.88. The molecule has 1 aromatic carbocycles. The summed E-state index contributed by atoms with van der Waals surface area (Å²) in [7, 11) is 0. The number of aryl methyl sites for hydroxylation is 1. The van der Waals surface area contributed by atoms with Crippen LogP contribution >= 0.6 is 22.9 Å². The molecule has 2 aromatic rings. The number of nitrogens with zero attached hydrogens (tertiary/aromatic N) is 2. The van der Waals surface area contributed by atoms with Crippen LogP contribution in [0, 0.1) is 6.92 Å². The van der Waals surface area contributed by atoms with E-state index in [1.165, 1.54) is 4.88 Å². The largest absolute Gasteiger partial charge is 0.357 e. The van der Waals surface area contributed by atoms with Crippen LogP contribution in [-0.2, 0) is 13.1 Å². The number of halogens is 1. The Hall–Kier alpha value is -1.59. The van der Waals surface area contributed by atoms with E-state index in [1.807, 2.05) is 37.4 Å². The lowest BCUT2D eigenvalue weighted by Crippen LogP contribution is -2.36. The molecule has 0 spiro atoms. The predicted molar refractivity (Wildman–Crippen MR) is 90.0 cm³/mol. The summed E-state index contributed by atoms with van der Waals surface area (Å²) in [5, 5.41) is 8.33. The summed E-state index contributed by atoms with van der Waals surface area (Å²) < 4.78 is 0. The number of benzene rings is 1. The fourth-order valence-corrected chi connectivity index (χ4v) is 2.60. The molecule has 0 saturated heterocycles. The highest BCUT2D eigenvalue weighted by atomic mass is 35.5. The average Bonchev–Trinajstić information content (AvgIpc) is 2.89. The zero-order chi connectivity index (χ0) is 15.1. The van der Waals surface area contributed by atoms with E-state index >= 15 is 0 Å². The van der Waals surface area contributed by atoms with E-state index in [9.17, 15) is 0 Å². The molecule has 0 aliphatic carbocycles. The van der Waals surface area contributed by atoms with E-state index in [0.29, 0.717) is 13.1 Å². The predicted octanol–water partition coefficient (Wildman–Crippen LogP) is 3.36. The molecule has 112 valence electrons. The summed E-state index contributed by atoms with van der Waals surface area (Å²) in [6.45, 7) is 6.23. The first kappa shape index (κ1) is 15.8. The molecular weight excluding hydrogens is 304 g/mol. The third kappa shape index (κ3) is 5.36. The Balaban J connectivity index is 1.93. The minimum absolute atomic E-state index is 0.614. The van der Waals surface area contributed by atoms with Crippen LogP contribution in [0.5, 0.6) is 0 Å². The number of guanidine groups is 1. The Kier molecular flexibility index (Phi) is 6.02. The Morgan fingerprint density at radius 1 is 1.29 bits per heavy atom. The molecular formula is C15H19ClN4S. The SMILES string of the molecule is CCNC(=NCc1ccc(Cl)cc1)NCc1ncc(C)s1. The second-order valence-corrected chi connectivity index (χ2v) is 6.30. The molecule has 0 aliphatic rings. The average molecular weight is 323 g/mol. The maximum atomic E-state index is 5.88.